The summed E-state index contributed by atoms with van der Waals surface area (Å²) in [6, 6.07) is 10.2. The van der Waals surface area contributed by atoms with Crippen molar-refractivity contribution < 1.29 is 5.11 Å². The molecule has 2 fully saturated rings. The summed E-state index contributed by atoms with van der Waals surface area (Å²) in [5, 5.41) is 13.1. The van der Waals surface area contributed by atoms with Crippen LogP contribution < -0.4 is 5.32 Å². The maximum Gasteiger partial charge on any atom is 0.0681 e. The highest BCUT2D eigenvalue weighted by molar-refractivity contribution is 5.25. The van der Waals surface area contributed by atoms with Crippen molar-refractivity contribution in [1.29, 1.82) is 0 Å². The Hall–Kier alpha value is -0.900. The van der Waals surface area contributed by atoms with Crippen molar-refractivity contribution in [3.05, 3.63) is 35.4 Å². The first kappa shape index (κ1) is 16.0. The number of hydrogen-bond donors (Lipinski definition) is 2. The van der Waals surface area contributed by atoms with Crippen LogP contribution in [-0.4, -0.2) is 35.2 Å². The summed E-state index contributed by atoms with van der Waals surface area (Å²) in [5.74, 6) is 0. The third-order valence-corrected chi connectivity index (χ3v) is 5.49. The Kier molecular flexibility index (Phi) is 5.51. The van der Waals surface area contributed by atoms with Gasteiger partial charge in [-0.05, 0) is 56.8 Å². The van der Waals surface area contributed by atoms with E-state index in [1.54, 1.807) is 0 Å². The first-order valence-electron chi connectivity index (χ1n) is 8.96. The first-order chi connectivity index (χ1) is 10.8. The number of aliphatic hydroxyl groups is 1. The van der Waals surface area contributed by atoms with Gasteiger partial charge in [0.25, 0.3) is 0 Å². The third kappa shape index (κ3) is 3.89. The summed E-state index contributed by atoms with van der Waals surface area (Å²) in [7, 11) is 0. The van der Waals surface area contributed by atoms with Gasteiger partial charge in [0.1, 0.15) is 0 Å². The normalized spacial score (nSPS) is 23.0. The van der Waals surface area contributed by atoms with Crippen LogP contribution in [0, 0.1) is 0 Å². The average molecular weight is 302 g/mol. The third-order valence-electron chi connectivity index (χ3n) is 5.49. The molecule has 1 atom stereocenters. The highest BCUT2D eigenvalue weighted by atomic mass is 16.3. The smallest absolute Gasteiger partial charge is 0.0681 e. The molecule has 3 heteroatoms. The fourth-order valence-corrected chi connectivity index (χ4v) is 4.11. The molecule has 1 saturated carbocycles. The van der Waals surface area contributed by atoms with E-state index in [1.165, 1.54) is 57.2 Å². The lowest BCUT2D eigenvalue weighted by atomic mass is 9.99. The molecular weight excluding hydrogens is 272 g/mol. The van der Waals surface area contributed by atoms with Gasteiger partial charge in [-0.1, -0.05) is 37.1 Å². The zero-order valence-corrected chi connectivity index (χ0v) is 13.8. The zero-order valence-electron chi connectivity index (χ0n) is 13.8. The van der Waals surface area contributed by atoms with E-state index in [0.717, 1.165) is 11.6 Å². The van der Waals surface area contributed by atoms with E-state index < -0.39 is 0 Å². The second-order valence-electron chi connectivity index (χ2n) is 7.04. The summed E-state index contributed by atoms with van der Waals surface area (Å²) < 4.78 is 0. The van der Waals surface area contributed by atoms with Gasteiger partial charge in [-0.3, -0.25) is 0 Å². The van der Waals surface area contributed by atoms with Crippen LogP contribution in [0.25, 0.3) is 0 Å². The Labute approximate surface area is 134 Å². The van der Waals surface area contributed by atoms with Crippen molar-refractivity contribution in [2.45, 2.75) is 70.2 Å². The topological polar surface area (TPSA) is 35.5 Å². The molecule has 0 spiro atoms. The van der Waals surface area contributed by atoms with Gasteiger partial charge in [0, 0.05) is 18.1 Å². The van der Waals surface area contributed by atoms with Gasteiger partial charge in [0.15, 0.2) is 0 Å². The molecule has 1 saturated heterocycles. The van der Waals surface area contributed by atoms with Gasteiger partial charge in [0.2, 0.25) is 0 Å². The van der Waals surface area contributed by atoms with E-state index in [1.807, 2.05) is 12.1 Å². The molecule has 1 aromatic rings. The zero-order chi connectivity index (χ0) is 15.4. The van der Waals surface area contributed by atoms with Crippen molar-refractivity contribution in [1.82, 2.24) is 10.2 Å². The SMILES string of the molecule is CC(NC1CCN(C2CCCC2)CC1)c1cccc(CO)c1. The minimum absolute atomic E-state index is 0.125. The van der Waals surface area contributed by atoms with Crippen LogP contribution >= 0.6 is 0 Å². The number of aliphatic hydroxyl groups excluding tert-OH is 1. The Balaban J connectivity index is 1.49. The van der Waals surface area contributed by atoms with E-state index in [9.17, 15) is 5.11 Å². The molecule has 2 N–H and O–H groups in total. The van der Waals surface area contributed by atoms with Crippen LogP contribution in [0.5, 0.6) is 0 Å². The fraction of sp³-hybridized carbons (Fsp3) is 0.684. The van der Waals surface area contributed by atoms with Crippen molar-refractivity contribution in [2.75, 3.05) is 13.1 Å². The number of nitrogens with zero attached hydrogens (tertiary/aromatic N) is 1. The van der Waals surface area contributed by atoms with Crippen LogP contribution in [0.2, 0.25) is 0 Å². The van der Waals surface area contributed by atoms with Crippen molar-refractivity contribution in [3.63, 3.8) is 0 Å². The lowest BCUT2D eigenvalue weighted by Crippen LogP contribution is -2.46. The van der Waals surface area contributed by atoms with Gasteiger partial charge in [0.05, 0.1) is 6.61 Å². The largest absolute Gasteiger partial charge is 0.392 e. The maximum absolute atomic E-state index is 9.27. The maximum atomic E-state index is 9.27. The molecule has 3 nitrogen and oxygen atoms in total. The van der Waals surface area contributed by atoms with Crippen LogP contribution in [-0.2, 0) is 6.61 Å². The van der Waals surface area contributed by atoms with Crippen LogP contribution in [0.15, 0.2) is 24.3 Å². The average Bonchev–Trinajstić information content (AvgIpc) is 3.10. The predicted octanol–water partition coefficient (Wildman–Crippen LogP) is 3.24. The quantitative estimate of drug-likeness (QED) is 0.876. The first-order valence-corrected chi connectivity index (χ1v) is 8.96. The molecule has 1 aliphatic heterocycles. The molecule has 1 aromatic carbocycles. The van der Waals surface area contributed by atoms with Crippen molar-refractivity contribution in [2.24, 2.45) is 0 Å². The van der Waals surface area contributed by atoms with Crippen LogP contribution in [0.4, 0.5) is 0 Å². The van der Waals surface area contributed by atoms with Crippen LogP contribution in [0.3, 0.4) is 0 Å². The van der Waals surface area contributed by atoms with Crippen molar-refractivity contribution in [3.8, 4) is 0 Å². The standard InChI is InChI=1S/C19H30N2O/c1-15(17-6-4-5-16(13-17)14-22)20-18-9-11-21(12-10-18)19-7-2-3-8-19/h4-6,13,15,18-20,22H,2-3,7-12,14H2,1H3. The highest BCUT2D eigenvalue weighted by Gasteiger charge is 2.27. The minimum atomic E-state index is 0.125. The second-order valence-corrected chi connectivity index (χ2v) is 7.04. The molecule has 1 heterocycles. The van der Waals surface area contributed by atoms with E-state index in [0.29, 0.717) is 12.1 Å². The number of rotatable bonds is 5. The Bertz CT molecular complexity index is 462. The molecule has 3 rings (SSSR count). The fourth-order valence-electron chi connectivity index (χ4n) is 4.11. The van der Waals surface area contributed by atoms with Gasteiger partial charge < -0.3 is 15.3 Å². The highest BCUT2D eigenvalue weighted by Crippen LogP contribution is 2.27. The van der Waals surface area contributed by atoms with Gasteiger partial charge in [-0.15, -0.1) is 0 Å². The molecule has 0 radical (unpaired) electrons. The molecule has 122 valence electrons. The summed E-state index contributed by atoms with van der Waals surface area (Å²) >= 11 is 0. The van der Waals surface area contributed by atoms with Crippen LogP contribution in [0.1, 0.15) is 62.6 Å². The number of likely N-dealkylation sites (tertiary alicyclic amines) is 1. The second kappa shape index (κ2) is 7.58. The summed E-state index contributed by atoms with van der Waals surface area (Å²) in [4.78, 5) is 2.72. The summed E-state index contributed by atoms with van der Waals surface area (Å²) in [6.45, 7) is 4.87. The summed E-state index contributed by atoms with van der Waals surface area (Å²) in [6.07, 6.45) is 8.23. The molecule has 0 amide bonds. The number of nitrogens with one attached hydrogen (secondary N) is 1. The van der Waals surface area contributed by atoms with E-state index >= 15 is 0 Å². The summed E-state index contributed by atoms with van der Waals surface area (Å²) in [5.41, 5.74) is 2.28. The Morgan fingerprint density at radius 2 is 1.91 bits per heavy atom. The number of piperidine rings is 1. The Morgan fingerprint density at radius 1 is 1.18 bits per heavy atom. The minimum Gasteiger partial charge on any atom is -0.392 e. The lowest BCUT2D eigenvalue weighted by molar-refractivity contribution is 0.141. The van der Waals surface area contributed by atoms with Gasteiger partial charge in [-0.2, -0.15) is 0 Å². The van der Waals surface area contributed by atoms with E-state index in [2.05, 4.69) is 29.3 Å². The van der Waals surface area contributed by atoms with Gasteiger partial charge >= 0.3 is 0 Å². The van der Waals surface area contributed by atoms with E-state index in [4.69, 9.17) is 0 Å². The molecule has 22 heavy (non-hydrogen) atoms. The molecular formula is C19H30N2O. The number of hydrogen-bond acceptors (Lipinski definition) is 3. The molecule has 1 unspecified atom stereocenters. The van der Waals surface area contributed by atoms with Gasteiger partial charge in [-0.25, -0.2) is 0 Å². The molecule has 2 aliphatic rings. The molecule has 1 aliphatic carbocycles. The monoisotopic (exact) mass is 302 g/mol. The molecule has 0 bridgehead atoms. The lowest BCUT2D eigenvalue weighted by Gasteiger charge is -2.37. The van der Waals surface area contributed by atoms with Crippen molar-refractivity contribution >= 4 is 0 Å². The Morgan fingerprint density at radius 3 is 2.59 bits per heavy atom. The predicted molar refractivity (Wildman–Crippen MR) is 90.8 cm³/mol. The van der Waals surface area contributed by atoms with E-state index in [-0.39, 0.29) is 6.61 Å². The number of benzene rings is 1. The molecule has 0 aromatic heterocycles.